The lowest BCUT2D eigenvalue weighted by Gasteiger charge is -2.30. The minimum Gasteiger partial charge on any atom is -0.317 e. The molecule has 0 aromatic heterocycles. The van der Waals surface area contributed by atoms with Gasteiger partial charge in [-0.15, -0.1) is 0 Å². The standard InChI is InChI=1S/C17H19FN2OS/c1-19-15(11-12-7-9-13(18)10-8-12)16(21)20(17(19)22)14-5-3-2-4-6-14/h7-11,14H,2-6H2,1H3/b15-11-. The van der Waals surface area contributed by atoms with Gasteiger partial charge in [0.15, 0.2) is 5.11 Å². The van der Waals surface area contributed by atoms with Crippen LogP contribution in [0.25, 0.3) is 6.08 Å². The third kappa shape index (κ3) is 2.77. The van der Waals surface area contributed by atoms with E-state index >= 15 is 0 Å². The van der Waals surface area contributed by atoms with Gasteiger partial charge in [0.25, 0.3) is 5.91 Å². The second-order valence-corrected chi connectivity index (χ2v) is 6.25. The van der Waals surface area contributed by atoms with Crippen molar-refractivity contribution in [2.45, 2.75) is 38.1 Å². The van der Waals surface area contributed by atoms with E-state index in [1.807, 2.05) is 7.05 Å². The Morgan fingerprint density at radius 3 is 2.45 bits per heavy atom. The van der Waals surface area contributed by atoms with Crippen molar-refractivity contribution in [3.8, 4) is 0 Å². The first kappa shape index (κ1) is 15.2. The van der Waals surface area contributed by atoms with Gasteiger partial charge in [0.1, 0.15) is 11.5 Å². The van der Waals surface area contributed by atoms with E-state index in [9.17, 15) is 9.18 Å². The Morgan fingerprint density at radius 1 is 1.18 bits per heavy atom. The number of thiocarbonyl (C=S) groups is 1. The highest BCUT2D eigenvalue weighted by Crippen LogP contribution is 2.30. The van der Waals surface area contributed by atoms with Crippen LogP contribution in [0, 0.1) is 5.82 Å². The second-order valence-electron chi connectivity index (χ2n) is 5.89. The predicted octanol–water partition coefficient (Wildman–Crippen LogP) is 3.56. The molecule has 0 unspecified atom stereocenters. The molecule has 22 heavy (non-hydrogen) atoms. The van der Waals surface area contributed by atoms with Crippen LogP contribution in [-0.2, 0) is 4.79 Å². The van der Waals surface area contributed by atoms with Crippen LogP contribution in [0.3, 0.4) is 0 Å². The van der Waals surface area contributed by atoms with Gasteiger partial charge in [0.2, 0.25) is 0 Å². The maximum absolute atomic E-state index is 13.0. The summed E-state index contributed by atoms with van der Waals surface area (Å²) in [5.74, 6) is -0.323. The topological polar surface area (TPSA) is 23.6 Å². The molecule has 2 aliphatic rings. The molecular formula is C17H19FN2OS. The number of likely N-dealkylation sites (N-methyl/N-ethyl adjacent to an activating group) is 1. The second kappa shape index (κ2) is 6.16. The zero-order valence-electron chi connectivity index (χ0n) is 12.6. The van der Waals surface area contributed by atoms with E-state index in [2.05, 4.69) is 0 Å². The van der Waals surface area contributed by atoms with Crippen LogP contribution in [0.1, 0.15) is 37.7 Å². The molecule has 5 heteroatoms. The van der Waals surface area contributed by atoms with Crippen LogP contribution in [0.15, 0.2) is 30.0 Å². The first-order chi connectivity index (χ1) is 10.6. The number of carbonyl (C=O) groups excluding carboxylic acids is 1. The Balaban J connectivity index is 1.87. The molecule has 116 valence electrons. The van der Waals surface area contributed by atoms with Crippen molar-refractivity contribution < 1.29 is 9.18 Å². The zero-order valence-corrected chi connectivity index (χ0v) is 13.4. The highest BCUT2D eigenvalue weighted by Gasteiger charge is 2.40. The molecule has 1 amide bonds. The van der Waals surface area contributed by atoms with Gasteiger partial charge in [-0.2, -0.15) is 0 Å². The Bertz CT molecular complexity index is 620. The maximum Gasteiger partial charge on any atom is 0.277 e. The molecule has 0 bridgehead atoms. The first-order valence-corrected chi connectivity index (χ1v) is 8.07. The lowest BCUT2D eigenvalue weighted by Crippen LogP contribution is -2.41. The monoisotopic (exact) mass is 318 g/mol. The molecular weight excluding hydrogens is 299 g/mol. The molecule has 3 rings (SSSR count). The van der Waals surface area contributed by atoms with E-state index in [0.717, 1.165) is 31.2 Å². The molecule has 1 aromatic carbocycles. The van der Waals surface area contributed by atoms with Gasteiger partial charge in [-0.3, -0.25) is 9.69 Å². The van der Waals surface area contributed by atoms with E-state index in [-0.39, 0.29) is 17.8 Å². The number of nitrogens with zero attached hydrogens (tertiary/aromatic N) is 2. The number of hydrogen-bond acceptors (Lipinski definition) is 2. The third-order valence-corrected chi connectivity index (χ3v) is 4.88. The van der Waals surface area contributed by atoms with E-state index in [4.69, 9.17) is 12.2 Å². The third-order valence-electron chi connectivity index (χ3n) is 4.41. The van der Waals surface area contributed by atoms with E-state index in [1.165, 1.54) is 18.6 Å². The van der Waals surface area contributed by atoms with Gasteiger partial charge in [0, 0.05) is 13.1 Å². The fraction of sp³-hybridized carbons (Fsp3) is 0.412. The number of halogens is 1. The van der Waals surface area contributed by atoms with Crippen molar-refractivity contribution in [1.29, 1.82) is 0 Å². The average molecular weight is 318 g/mol. The van der Waals surface area contributed by atoms with Crippen LogP contribution in [0.2, 0.25) is 0 Å². The minimum absolute atomic E-state index is 0.0382. The Hall–Kier alpha value is -1.75. The molecule has 1 saturated carbocycles. The van der Waals surface area contributed by atoms with Crippen LogP contribution in [-0.4, -0.2) is 33.9 Å². The van der Waals surface area contributed by atoms with E-state index in [0.29, 0.717) is 10.8 Å². The number of benzene rings is 1. The number of rotatable bonds is 2. The molecule has 2 fully saturated rings. The summed E-state index contributed by atoms with van der Waals surface area (Å²) in [6, 6.07) is 6.33. The Labute approximate surface area is 135 Å². The highest BCUT2D eigenvalue weighted by atomic mass is 32.1. The molecule has 1 aliphatic heterocycles. The largest absolute Gasteiger partial charge is 0.317 e. The summed E-state index contributed by atoms with van der Waals surface area (Å²) in [5.41, 5.74) is 1.35. The predicted molar refractivity (Wildman–Crippen MR) is 88.5 cm³/mol. The Kier molecular flexibility index (Phi) is 4.25. The SMILES string of the molecule is CN1C(=S)N(C2CCCCC2)C(=O)/C1=C/c1ccc(F)cc1. The van der Waals surface area contributed by atoms with Gasteiger partial charge < -0.3 is 4.90 Å². The smallest absolute Gasteiger partial charge is 0.277 e. The van der Waals surface area contributed by atoms with Crippen LogP contribution in [0.5, 0.6) is 0 Å². The zero-order chi connectivity index (χ0) is 15.7. The summed E-state index contributed by atoms with van der Waals surface area (Å²) in [7, 11) is 1.82. The van der Waals surface area contributed by atoms with Crippen LogP contribution in [0.4, 0.5) is 4.39 Å². The average Bonchev–Trinajstić information content (AvgIpc) is 2.74. The fourth-order valence-corrected chi connectivity index (χ4v) is 3.49. The molecule has 0 radical (unpaired) electrons. The van der Waals surface area contributed by atoms with Crippen molar-refractivity contribution in [3.63, 3.8) is 0 Å². The molecule has 3 nitrogen and oxygen atoms in total. The molecule has 1 aromatic rings. The number of hydrogen-bond donors (Lipinski definition) is 0. The van der Waals surface area contributed by atoms with Crippen molar-refractivity contribution in [2.24, 2.45) is 0 Å². The lowest BCUT2D eigenvalue weighted by atomic mass is 9.94. The van der Waals surface area contributed by atoms with Crippen molar-refractivity contribution in [3.05, 3.63) is 41.3 Å². The van der Waals surface area contributed by atoms with Crippen molar-refractivity contribution in [2.75, 3.05) is 7.05 Å². The molecule has 1 aliphatic carbocycles. The van der Waals surface area contributed by atoms with Gasteiger partial charge in [-0.05, 0) is 48.8 Å². The van der Waals surface area contributed by atoms with Gasteiger partial charge in [-0.1, -0.05) is 31.4 Å². The number of amides is 1. The van der Waals surface area contributed by atoms with Crippen LogP contribution >= 0.6 is 12.2 Å². The van der Waals surface area contributed by atoms with Crippen molar-refractivity contribution in [1.82, 2.24) is 9.80 Å². The highest BCUT2D eigenvalue weighted by molar-refractivity contribution is 7.80. The molecule has 0 spiro atoms. The summed E-state index contributed by atoms with van der Waals surface area (Å²) in [5, 5.41) is 0.574. The molecule has 1 heterocycles. The number of carbonyl (C=O) groups is 1. The quantitative estimate of drug-likeness (QED) is 0.615. The summed E-state index contributed by atoms with van der Waals surface area (Å²) < 4.78 is 13.0. The fourth-order valence-electron chi connectivity index (χ4n) is 3.16. The summed E-state index contributed by atoms with van der Waals surface area (Å²) in [6.45, 7) is 0. The maximum atomic E-state index is 13.0. The van der Waals surface area contributed by atoms with E-state index in [1.54, 1.807) is 28.0 Å². The molecule has 1 saturated heterocycles. The van der Waals surface area contributed by atoms with Gasteiger partial charge >= 0.3 is 0 Å². The first-order valence-electron chi connectivity index (χ1n) is 7.66. The lowest BCUT2D eigenvalue weighted by molar-refractivity contribution is -0.124. The Morgan fingerprint density at radius 2 is 1.82 bits per heavy atom. The van der Waals surface area contributed by atoms with Gasteiger partial charge in [0.05, 0.1) is 0 Å². The summed E-state index contributed by atoms with van der Waals surface area (Å²) in [6.07, 6.45) is 7.35. The molecule has 0 atom stereocenters. The van der Waals surface area contributed by atoms with Crippen LogP contribution < -0.4 is 0 Å². The van der Waals surface area contributed by atoms with Gasteiger partial charge in [-0.25, -0.2) is 4.39 Å². The summed E-state index contributed by atoms with van der Waals surface area (Å²) >= 11 is 5.47. The van der Waals surface area contributed by atoms with E-state index < -0.39 is 0 Å². The molecule has 0 N–H and O–H groups in total. The minimum atomic E-state index is -0.285. The summed E-state index contributed by atoms with van der Waals surface area (Å²) in [4.78, 5) is 16.3. The van der Waals surface area contributed by atoms with Crippen molar-refractivity contribution >= 4 is 29.3 Å². The normalized spacial score (nSPS) is 22.0.